The fraction of sp³-hybridized carbons (Fsp3) is 0.353. The second-order valence-corrected chi connectivity index (χ2v) is 8.46. The third-order valence-corrected chi connectivity index (χ3v) is 5.98. The summed E-state index contributed by atoms with van der Waals surface area (Å²) >= 11 is 0. The molecular formula is C17H18FN3O5S. The first-order valence-electron chi connectivity index (χ1n) is 8.19. The van der Waals surface area contributed by atoms with Crippen molar-refractivity contribution in [3.63, 3.8) is 0 Å². The quantitative estimate of drug-likeness (QED) is 0.783. The van der Waals surface area contributed by atoms with Crippen LogP contribution in [0.2, 0.25) is 0 Å². The van der Waals surface area contributed by atoms with E-state index in [1.165, 1.54) is 31.4 Å². The predicted molar refractivity (Wildman–Crippen MR) is 95.6 cm³/mol. The lowest BCUT2D eigenvalue weighted by Crippen LogP contribution is -2.40. The number of carbonyl (C=O) groups excluding carboxylic acids is 1. The summed E-state index contributed by atoms with van der Waals surface area (Å²) in [7, 11) is -1.71. The summed E-state index contributed by atoms with van der Waals surface area (Å²) in [4.78, 5) is 24.1. The number of benzene rings is 1. The number of carbonyl (C=O) groups is 1. The molecule has 1 aromatic carbocycles. The Hall–Kier alpha value is -2.75. The number of ether oxygens (including phenoxy) is 1. The molecule has 0 saturated carbocycles. The highest BCUT2D eigenvalue weighted by Crippen LogP contribution is 2.24. The van der Waals surface area contributed by atoms with Crippen molar-refractivity contribution in [2.75, 3.05) is 18.6 Å². The molecule has 144 valence electrons. The number of hydrogen-bond acceptors (Lipinski definition) is 6. The van der Waals surface area contributed by atoms with Crippen molar-refractivity contribution in [1.29, 1.82) is 0 Å². The first kappa shape index (κ1) is 19.0. The summed E-state index contributed by atoms with van der Waals surface area (Å²) in [5.74, 6) is -0.845. The molecule has 27 heavy (non-hydrogen) atoms. The molecule has 0 aliphatic carbocycles. The number of sulfone groups is 1. The van der Waals surface area contributed by atoms with Crippen LogP contribution in [-0.2, 0) is 21.2 Å². The van der Waals surface area contributed by atoms with Crippen LogP contribution in [0.4, 0.5) is 4.39 Å². The molecule has 0 radical (unpaired) electrons. The van der Waals surface area contributed by atoms with Gasteiger partial charge in [-0.05, 0) is 24.6 Å². The van der Waals surface area contributed by atoms with Crippen molar-refractivity contribution in [2.45, 2.75) is 19.0 Å². The topological polar surface area (TPSA) is 107 Å². The number of nitrogens with one attached hydrogen (secondary N) is 1. The van der Waals surface area contributed by atoms with Gasteiger partial charge in [0.25, 0.3) is 5.56 Å². The molecule has 1 N–H and O–H groups in total. The van der Waals surface area contributed by atoms with Gasteiger partial charge >= 0.3 is 0 Å². The molecule has 3 rings (SSSR count). The van der Waals surface area contributed by atoms with Crippen LogP contribution in [0.3, 0.4) is 0 Å². The van der Waals surface area contributed by atoms with Gasteiger partial charge in [-0.25, -0.2) is 17.5 Å². The summed E-state index contributed by atoms with van der Waals surface area (Å²) in [5.41, 5.74) is -0.181. The van der Waals surface area contributed by atoms with Gasteiger partial charge in [-0.1, -0.05) is 0 Å². The van der Waals surface area contributed by atoms with Crippen LogP contribution in [0.15, 0.2) is 35.1 Å². The molecule has 1 aliphatic rings. The van der Waals surface area contributed by atoms with Crippen LogP contribution in [-0.4, -0.2) is 48.8 Å². The minimum absolute atomic E-state index is 0.0301. The minimum atomic E-state index is -3.13. The third-order valence-electron chi connectivity index (χ3n) is 4.21. The average Bonchev–Trinajstić information content (AvgIpc) is 2.95. The van der Waals surface area contributed by atoms with E-state index < -0.39 is 33.2 Å². The van der Waals surface area contributed by atoms with E-state index in [1.54, 1.807) is 6.07 Å². The Balaban J connectivity index is 1.78. The van der Waals surface area contributed by atoms with Gasteiger partial charge in [0.2, 0.25) is 5.91 Å². The van der Waals surface area contributed by atoms with Crippen LogP contribution in [0.25, 0.3) is 11.3 Å². The van der Waals surface area contributed by atoms with Crippen molar-refractivity contribution in [3.05, 3.63) is 46.5 Å². The lowest BCUT2D eigenvalue weighted by molar-refractivity contribution is -0.122. The van der Waals surface area contributed by atoms with Gasteiger partial charge < -0.3 is 10.1 Å². The Morgan fingerprint density at radius 1 is 1.37 bits per heavy atom. The van der Waals surface area contributed by atoms with Gasteiger partial charge in [0.1, 0.15) is 18.1 Å². The Kier molecular flexibility index (Phi) is 5.26. The van der Waals surface area contributed by atoms with Crippen molar-refractivity contribution < 1.29 is 22.3 Å². The second kappa shape index (κ2) is 7.47. The standard InChI is InChI=1S/C17H18FN3O5S/c1-26-12-2-3-13(14(18)8-12)15-4-5-17(23)21(20-15)9-16(22)19-11-6-7-27(24,25)10-11/h2-5,8,11H,6-7,9-10H2,1H3,(H,19,22). The highest BCUT2D eigenvalue weighted by Gasteiger charge is 2.29. The van der Waals surface area contributed by atoms with E-state index >= 15 is 0 Å². The lowest BCUT2D eigenvalue weighted by Gasteiger charge is -2.12. The average molecular weight is 395 g/mol. The normalized spacial score (nSPS) is 18.2. The minimum Gasteiger partial charge on any atom is -0.497 e. The van der Waals surface area contributed by atoms with E-state index in [9.17, 15) is 22.4 Å². The van der Waals surface area contributed by atoms with Gasteiger partial charge in [-0.2, -0.15) is 5.10 Å². The summed E-state index contributed by atoms with van der Waals surface area (Å²) < 4.78 is 43.0. The largest absolute Gasteiger partial charge is 0.497 e. The summed E-state index contributed by atoms with van der Waals surface area (Å²) in [5, 5.41) is 6.63. The molecule has 1 amide bonds. The van der Waals surface area contributed by atoms with Crippen molar-refractivity contribution in [3.8, 4) is 17.0 Å². The number of halogens is 1. The number of hydrogen-bond donors (Lipinski definition) is 1. The van der Waals surface area contributed by atoms with E-state index in [0.29, 0.717) is 12.2 Å². The zero-order valence-electron chi connectivity index (χ0n) is 14.5. The van der Waals surface area contributed by atoms with E-state index in [1.807, 2.05) is 0 Å². The molecule has 2 heterocycles. The number of methoxy groups -OCH3 is 1. The number of amides is 1. The van der Waals surface area contributed by atoms with E-state index in [-0.39, 0.29) is 29.3 Å². The summed E-state index contributed by atoms with van der Waals surface area (Å²) in [6.07, 6.45) is 0.341. The van der Waals surface area contributed by atoms with Crippen LogP contribution in [0, 0.1) is 5.82 Å². The summed E-state index contributed by atoms with van der Waals surface area (Å²) in [6, 6.07) is 6.31. The zero-order valence-corrected chi connectivity index (χ0v) is 15.3. The fourth-order valence-corrected chi connectivity index (χ4v) is 4.53. The molecule has 10 heteroatoms. The molecule has 8 nitrogen and oxygen atoms in total. The van der Waals surface area contributed by atoms with Gasteiger partial charge in [0.05, 0.1) is 24.3 Å². The van der Waals surface area contributed by atoms with Crippen LogP contribution >= 0.6 is 0 Å². The molecule has 1 unspecified atom stereocenters. The predicted octanol–water partition coefficient (Wildman–Crippen LogP) is 0.361. The molecule has 1 fully saturated rings. The summed E-state index contributed by atoms with van der Waals surface area (Å²) in [6.45, 7) is -0.388. The van der Waals surface area contributed by atoms with Crippen molar-refractivity contribution >= 4 is 15.7 Å². The highest BCUT2D eigenvalue weighted by atomic mass is 32.2. The van der Waals surface area contributed by atoms with Gasteiger partial charge in [-0.15, -0.1) is 0 Å². The SMILES string of the molecule is COc1ccc(-c2ccc(=O)n(CC(=O)NC3CCS(=O)(=O)C3)n2)c(F)c1. The second-order valence-electron chi connectivity index (χ2n) is 6.23. The van der Waals surface area contributed by atoms with E-state index in [4.69, 9.17) is 4.74 Å². The maximum atomic E-state index is 14.2. The number of nitrogens with zero attached hydrogens (tertiary/aromatic N) is 2. The smallest absolute Gasteiger partial charge is 0.267 e. The Bertz CT molecular complexity index is 1040. The molecule has 1 aromatic heterocycles. The Morgan fingerprint density at radius 3 is 2.78 bits per heavy atom. The monoisotopic (exact) mass is 395 g/mol. The van der Waals surface area contributed by atoms with Crippen LogP contribution in [0.1, 0.15) is 6.42 Å². The first-order chi connectivity index (χ1) is 12.8. The number of aromatic nitrogens is 2. The number of rotatable bonds is 5. The molecule has 1 saturated heterocycles. The van der Waals surface area contributed by atoms with Gasteiger partial charge in [0.15, 0.2) is 9.84 Å². The molecule has 0 spiro atoms. The third kappa shape index (κ3) is 4.51. The van der Waals surface area contributed by atoms with Crippen molar-refractivity contribution in [2.24, 2.45) is 0 Å². The zero-order chi connectivity index (χ0) is 19.6. The van der Waals surface area contributed by atoms with Crippen LogP contribution in [0.5, 0.6) is 5.75 Å². The van der Waals surface area contributed by atoms with E-state index in [0.717, 1.165) is 4.68 Å². The van der Waals surface area contributed by atoms with Gasteiger partial charge in [-0.3, -0.25) is 9.59 Å². The molecule has 2 aromatic rings. The molecule has 1 aliphatic heterocycles. The molecular weight excluding hydrogens is 377 g/mol. The first-order valence-corrected chi connectivity index (χ1v) is 10.0. The van der Waals surface area contributed by atoms with Gasteiger partial charge in [0, 0.05) is 23.7 Å². The molecule has 0 bridgehead atoms. The van der Waals surface area contributed by atoms with Crippen LogP contribution < -0.4 is 15.6 Å². The Morgan fingerprint density at radius 2 is 2.15 bits per heavy atom. The van der Waals surface area contributed by atoms with E-state index in [2.05, 4.69) is 10.4 Å². The highest BCUT2D eigenvalue weighted by molar-refractivity contribution is 7.91. The fourth-order valence-electron chi connectivity index (χ4n) is 2.85. The van der Waals surface area contributed by atoms with Crippen molar-refractivity contribution in [1.82, 2.24) is 15.1 Å². The maximum Gasteiger partial charge on any atom is 0.267 e. The lowest BCUT2D eigenvalue weighted by atomic mass is 10.1. The maximum absolute atomic E-state index is 14.2. The Labute approximate surface area is 154 Å². The molecule has 1 atom stereocenters.